The molecule has 1 amide bonds. The summed E-state index contributed by atoms with van der Waals surface area (Å²) >= 11 is 5.98. The number of methoxy groups -OCH3 is 1. The van der Waals surface area contributed by atoms with Crippen LogP contribution in [-0.2, 0) is 20.7 Å². The molecule has 0 saturated heterocycles. The van der Waals surface area contributed by atoms with Crippen molar-refractivity contribution >= 4 is 23.5 Å². The molecule has 1 aliphatic rings. The van der Waals surface area contributed by atoms with E-state index in [1.807, 2.05) is 0 Å². The Hall–Kier alpha value is -1.62. The summed E-state index contributed by atoms with van der Waals surface area (Å²) in [6.07, 6.45) is 2.53. The summed E-state index contributed by atoms with van der Waals surface area (Å²) in [7, 11) is 1.32. The first kappa shape index (κ1) is 19.7. The van der Waals surface area contributed by atoms with Gasteiger partial charge in [-0.3, -0.25) is 4.79 Å². The number of esters is 1. The van der Waals surface area contributed by atoms with Crippen molar-refractivity contribution in [3.63, 3.8) is 0 Å². The van der Waals surface area contributed by atoms with Gasteiger partial charge in [-0.1, -0.05) is 31.5 Å². The summed E-state index contributed by atoms with van der Waals surface area (Å²) in [5.74, 6) is -0.347. The van der Waals surface area contributed by atoms with E-state index < -0.39 is 23.2 Å². The number of hydrogen-bond donors (Lipinski definition) is 1. The van der Waals surface area contributed by atoms with Crippen LogP contribution in [0.25, 0.3) is 0 Å². The summed E-state index contributed by atoms with van der Waals surface area (Å²) in [6, 6.07) is 4.29. The topological polar surface area (TPSA) is 55.4 Å². The first-order valence-corrected chi connectivity index (χ1v) is 8.99. The third-order valence-corrected chi connectivity index (χ3v) is 5.53. The highest BCUT2D eigenvalue weighted by Crippen LogP contribution is 2.36. The molecule has 1 saturated carbocycles. The lowest BCUT2D eigenvalue weighted by molar-refractivity contribution is -0.153. The van der Waals surface area contributed by atoms with E-state index in [2.05, 4.69) is 19.2 Å². The highest BCUT2D eigenvalue weighted by molar-refractivity contribution is 6.31. The molecular weight excluding hydrogens is 345 g/mol. The Morgan fingerprint density at radius 1 is 1.36 bits per heavy atom. The fourth-order valence-corrected chi connectivity index (χ4v) is 3.78. The minimum absolute atomic E-state index is 0.137. The average molecular weight is 370 g/mol. The Morgan fingerprint density at radius 2 is 2.00 bits per heavy atom. The molecule has 0 unspecified atom stereocenters. The van der Waals surface area contributed by atoms with E-state index in [4.69, 9.17) is 16.3 Å². The Kier molecular flexibility index (Phi) is 6.44. The standard InChI is InChI=1S/C19H25ClFNO3/c1-12(2)13-7-9-19(10-8-13,18(24)25-3)22-17(23)11-14-15(20)5-4-6-16(14)21/h4-6,12-13H,7-11H2,1-3H3,(H,22,23). The summed E-state index contributed by atoms with van der Waals surface area (Å²) in [4.78, 5) is 24.8. The van der Waals surface area contributed by atoms with Crippen molar-refractivity contribution in [2.75, 3.05) is 7.11 Å². The molecule has 25 heavy (non-hydrogen) atoms. The van der Waals surface area contributed by atoms with E-state index in [9.17, 15) is 14.0 Å². The van der Waals surface area contributed by atoms with E-state index in [-0.39, 0.29) is 17.0 Å². The molecule has 0 bridgehead atoms. The highest BCUT2D eigenvalue weighted by atomic mass is 35.5. The van der Waals surface area contributed by atoms with Crippen molar-refractivity contribution in [1.29, 1.82) is 0 Å². The van der Waals surface area contributed by atoms with Gasteiger partial charge in [0.2, 0.25) is 5.91 Å². The number of ether oxygens (including phenoxy) is 1. The van der Waals surface area contributed by atoms with Gasteiger partial charge in [0.1, 0.15) is 11.4 Å². The third-order valence-electron chi connectivity index (χ3n) is 5.18. The van der Waals surface area contributed by atoms with Crippen LogP contribution in [0, 0.1) is 17.7 Å². The van der Waals surface area contributed by atoms with Gasteiger partial charge in [0, 0.05) is 10.6 Å². The lowest BCUT2D eigenvalue weighted by Crippen LogP contribution is -2.57. The maximum atomic E-state index is 13.9. The molecule has 1 aromatic carbocycles. The van der Waals surface area contributed by atoms with Crippen LogP contribution >= 0.6 is 11.6 Å². The molecule has 0 heterocycles. The van der Waals surface area contributed by atoms with Crippen LogP contribution in [0.15, 0.2) is 18.2 Å². The molecule has 6 heteroatoms. The Balaban J connectivity index is 2.12. The van der Waals surface area contributed by atoms with Crippen molar-refractivity contribution in [3.05, 3.63) is 34.6 Å². The van der Waals surface area contributed by atoms with Gasteiger partial charge in [-0.15, -0.1) is 0 Å². The molecule has 4 nitrogen and oxygen atoms in total. The summed E-state index contributed by atoms with van der Waals surface area (Å²) < 4.78 is 18.8. The van der Waals surface area contributed by atoms with Crippen molar-refractivity contribution in [2.45, 2.75) is 51.5 Å². The number of carbonyl (C=O) groups is 2. The predicted molar refractivity (Wildman–Crippen MR) is 94.8 cm³/mol. The van der Waals surface area contributed by atoms with Crippen molar-refractivity contribution in [2.24, 2.45) is 11.8 Å². The molecule has 2 rings (SSSR count). The van der Waals surface area contributed by atoms with Gasteiger partial charge in [0.25, 0.3) is 0 Å². The van der Waals surface area contributed by atoms with E-state index in [0.29, 0.717) is 24.7 Å². The molecule has 1 N–H and O–H groups in total. The van der Waals surface area contributed by atoms with Crippen molar-refractivity contribution < 1.29 is 18.7 Å². The van der Waals surface area contributed by atoms with Crippen LogP contribution in [0.5, 0.6) is 0 Å². The van der Waals surface area contributed by atoms with Crippen LogP contribution in [0.4, 0.5) is 4.39 Å². The molecule has 0 spiro atoms. The number of halogens is 2. The number of nitrogens with one attached hydrogen (secondary N) is 1. The van der Waals surface area contributed by atoms with Crippen molar-refractivity contribution in [1.82, 2.24) is 5.32 Å². The molecule has 0 aromatic heterocycles. The minimum atomic E-state index is -1.03. The van der Waals surface area contributed by atoms with Gasteiger partial charge in [-0.05, 0) is 49.7 Å². The van der Waals surface area contributed by atoms with Crippen LogP contribution < -0.4 is 5.32 Å². The van der Waals surface area contributed by atoms with E-state index in [0.717, 1.165) is 12.8 Å². The SMILES string of the molecule is COC(=O)C1(NC(=O)Cc2c(F)cccc2Cl)CCC(C(C)C)CC1. The molecule has 0 atom stereocenters. The number of hydrogen-bond acceptors (Lipinski definition) is 3. The maximum absolute atomic E-state index is 13.9. The van der Waals surface area contributed by atoms with Gasteiger partial charge < -0.3 is 10.1 Å². The zero-order valence-corrected chi connectivity index (χ0v) is 15.7. The van der Waals surface area contributed by atoms with Gasteiger partial charge in [-0.25, -0.2) is 9.18 Å². The third kappa shape index (κ3) is 4.51. The van der Waals surface area contributed by atoms with Crippen LogP contribution in [0.3, 0.4) is 0 Å². The predicted octanol–water partition coefficient (Wildman–Crippen LogP) is 3.90. The molecule has 0 aliphatic heterocycles. The maximum Gasteiger partial charge on any atom is 0.331 e. The van der Waals surface area contributed by atoms with Gasteiger partial charge in [-0.2, -0.15) is 0 Å². The largest absolute Gasteiger partial charge is 0.467 e. The van der Waals surface area contributed by atoms with E-state index in [1.54, 1.807) is 0 Å². The fourth-order valence-electron chi connectivity index (χ4n) is 3.55. The second kappa shape index (κ2) is 8.17. The molecule has 0 radical (unpaired) electrons. The molecular formula is C19H25ClFNO3. The molecule has 1 fully saturated rings. The minimum Gasteiger partial charge on any atom is -0.467 e. The summed E-state index contributed by atoms with van der Waals surface area (Å²) in [6.45, 7) is 4.32. The molecule has 138 valence electrons. The van der Waals surface area contributed by atoms with Crippen LogP contribution in [0.2, 0.25) is 5.02 Å². The lowest BCUT2D eigenvalue weighted by atomic mass is 9.72. The summed E-state index contributed by atoms with van der Waals surface area (Å²) in [5.41, 5.74) is -0.896. The second-order valence-corrected chi connectivity index (χ2v) is 7.49. The molecule has 1 aliphatic carbocycles. The van der Waals surface area contributed by atoms with E-state index in [1.165, 1.54) is 25.3 Å². The normalized spacial score (nSPS) is 23.4. The molecule has 1 aromatic rings. The Morgan fingerprint density at radius 3 is 2.52 bits per heavy atom. The average Bonchev–Trinajstić information content (AvgIpc) is 2.58. The number of benzene rings is 1. The van der Waals surface area contributed by atoms with E-state index >= 15 is 0 Å². The number of carbonyl (C=O) groups excluding carboxylic acids is 2. The fraction of sp³-hybridized carbons (Fsp3) is 0.579. The zero-order chi connectivity index (χ0) is 18.6. The first-order chi connectivity index (χ1) is 11.8. The lowest BCUT2D eigenvalue weighted by Gasteiger charge is -2.39. The smallest absolute Gasteiger partial charge is 0.331 e. The first-order valence-electron chi connectivity index (χ1n) is 8.61. The second-order valence-electron chi connectivity index (χ2n) is 7.08. The monoisotopic (exact) mass is 369 g/mol. The number of amides is 1. The number of rotatable bonds is 5. The van der Waals surface area contributed by atoms with Crippen molar-refractivity contribution in [3.8, 4) is 0 Å². The van der Waals surface area contributed by atoms with Gasteiger partial charge in [0.05, 0.1) is 13.5 Å². The Bertz CT molecular complexity index is 619. The highest BCUT2D eigenvalue weighted by Gasteiger charge is 2.44. The van der Waals surface area contributed by atoms with Crippen LogP contribution in [-0.4, -0.2) is 24.5 Å². The quantitative estimate of drug-likeness (QED) is 0.801. The zero-order valence-electron chi connectivity index (χ0n) is 14.9. The van der Waals surface area contributed by atoms with Gasteiger partial charge in [0.15, 0.2) is 0 Å². The summed E-state index contributed by atoms with van der Waals surface area (Å²) in [5, 5.41) is 3.01. The van der Waals surface area contributed by atoms with Crippen LogP contribution in [0.1, 0.15) is 45.1 Å². The van der Waals surface area contributed by atoms with Gasteiger partial charge >= 0.3 is 5.97 Å². The Labute approximate surface area is 153 Å².